The molecule has 14 heavy (non-hydrogen) atoms. The third-order valence-corrected chi connectivity index (χ3v) is 2.48. The quantitative estimate of drug-likeness (QED) is 0.736. The molecule has 0 rings (SSSR count). The molecule has 0 saturated heterocycles. The molecule has 0 bridgehead atoms. The van der Waals surface area contributed by atoms with Crippen LogP contribution < -0.4 is 5.73 Å². The summed E-state index contributed by atoms with van der Waals surface area (Å²) in [5.41, 5.74) is 7.06. The zero-order valence-electron chi connectivity index (χ0n) is 10.4. The number of hydrogen-bond acceptors (Lipinski definition) is 2. The monoisotopic (exact) mass is 198 g/mol. The zero-order chi connectivity index (χ0) is 11.4. The summed E-state index contributed by atoms with van der Waals surface area (Å²) in [5.74, 6) is 0. The van der Waals surface area contributed by atoms with Gasteiger partial charge in [-0.05, 0) is 31.7 Å². The van der Waals surface area contributed by atoms with E-state index in [4.69, 9.17) is 5.73 Å². The van der Waals surface area contributed by atoms with E-state index in [1.54, 1.807) is 0 Å². The first-order chi connectivity index (χ1) is 6.28. The summed E-state index contributed by atoms with van der Waals surface area (Å²) in [6.45, 7) is 13.8. The van der Waals surface area contributed by atoms with Crippen LogP contribution in [-0.2, 0) is 0 Å². The van der Waals surface area contributed by atoms with E-state index >= 15 is 0 Å². The average Bonchev–Trinajstić information content (AvgIpc) is 2.00. The molecule has 0 fully saturated rings. The Morgan fingerprint density at radius 1 is 1.43 bits per heavy atom. The van der Waals surface area contributed by atoms with Crippen LogP contribution in [-0.4, -0.2) is 24.5 Å². The predicted octanol–water partition coefficient (Wildman–Crippen LogP) is 2.61. The van der Waals surface area contributed by atoms with Crippen molar-refractivity contribution in [3.8, 4) is 0 Å². The molecule has 2 nitrogen and oxygen atoms in total. The standard InChI is InChI=1S/C12H26N2/c1-10(7-8-13)14(6)11(2)9-12(3,4)5/h10H,2,7-9,13H2,1,3-6H3. The van der Waals surface area contributed by atoms with E-state index < -0.39 is 0 Å². The number of rotatable bonds is 5. The van der Waals surface area contributed by atoms with Gasteiger partial charge in [-0.15, -0.1) is 0 Å². The van der Waals surface area contributed by atoms with Gasteiger partial charge < -0.3 is 10.6 Å². The smallest absolute Gasteiger partial charge is 0.0267 e. The molecule has 0 spiro atoms. The Balaban J connectivity index is 4.12. The fourth-order valence-electron chi connectivity index (χ4n) is 1.48. The summed E-state index contributed by atoms with van der Waals surface area (Å²) in [4.78, 5) is 2.25. The lowest BCUT2D eigenvalue weighted by Gasteiger charge is -2.32. The Labute approximate surface area is 89.2 Å². The molecule has 0 saturated carbocycles. The minimum absolute atomic E-state index is 0.313. The summed E-state index contributed by atoms with van der Waals surface area (Å²) >= 11 is 0. The minimum atomic E-state index is 0.313. The molecule has 0 aliphatic carbocycles. The van der Waals surface area contributed by atoms with Gasteiger partial charge in [0.2, 0.25) is 0 Å². The van der Waals surface area contributed by atoms with E-state index in [9.17, 15) is 0 Å². The van der Waals surface area contributed by atoms with E-state index in [-0.39, 0.29) is 0 Å². The highest BCUT2D eigenvalue weighted by Crippen LogP contribution is 2.25. The van der Waals surface area contributed by atoms with Crippen LogP contribution in [0.4, 0.5) is 0 Å². The molecule has 2 heteroatoms. The molecule has 84 valence electrons. The second-order valence-electron chi connectivity index (χ2n) is 5.34. The lowest BCUT2D eigenvalue weighted by atomic mass is 9.90. The van der Waals surface area contributed by atoms with Gasteiger partial charge in [-0.3, -0.25) is 0 Å². The predicted molar refractivity (Wildman–Crippen MR) is 64.1 cm³/mol. The molecule has 0 radical (unpaired) electrons. The van der Waals surface area contributed by atoms with E-state index in [2.05, 4.69) is 46.2 Å². The SMILES string of the molecule is C=C(CC(C)(C)C)N(C)C(C)CCN. The fourth-order valence-corrected chi connectivity index (χ4v) is 1.48. The highest BCUT2D eigenvalue weighted by atomic mass is 15.1. The molecule has 2 N–H and O–H groups in total. The summed E-state index contributed by atoms with van der Waals surface area (Å²) in [6, 6.07) is 0.495. The fraction of sp³-hybridized carbons (Fsp3) is 0.833. The second kappa shape index (κ2) is 5.40. The third kappa shape index (κ3) is 5.28. The Morgan fingerprint density at radius 3 is 2.29 bits per heavy atom. The summed E-state index contributed by atoms with van der Waals surface area (Å²) in [6.07, 6.45) is 2.07. The molecular weight excluding hydrogens is 172 g/mol. The highest BCUT2D eigenvalue weighted by Gasteiger charge is 2.16. The van der Waals surface area contributed by atoms with Crippen LogP contribution in [0.2, 0.25) is 0 Å². The average molecular weight is 198 g/mol. The van der Waals surface area contributed by atoms with Crippen molar-refractivity contribution in [2.24, 2.45) is 11.1 Å². The molecule has 0 aliphatic rings. The number of allylic oxidation sites excluding steroid dienone is 1. The van der Waals surface area contributed by atoms with Crippen molar-refractivity contribution in [2.75, 3.05) is 13.6 Å². The van der Waals surface area contributed by atoms with Crippen molar-refractivity contribution in [1.82, 2.24) is 4.90 Å². The van der Waals surface area contributed by atoms with Gasteiger partial charge in [0.15, 0.2) is 0 Å². The molecular formula is C12H26N2. The van der Waals surface area contributed by atoms with Gasteiger partial charge in [0.1, 0.15) is 0 Å². The van der Waals surface area contributed by atoms with Crippen molar-refractivity contribution in [1.29, 1.82) is 0 Å². The van der Waals surface area contributed by atoms with Gasteiger partial charge in [0, 0.05) is 18.8 Å². The zero-order valence-corrected chi connectivity index (χ0v) is 10.4. The summed E-state index contributed by atoms with van der Waals surface area (Å²) in [7, 11) is 2.11. The van der Waals surface area contributed by atoms with Crippen LogP contribution in [0, 0.1) is 5.41 Å². The maximum absolute atomic E-state index is 5.54. The lowest BCUT2D eigenvalue weighted by molar-refractivity contribution is 0.269. The Bertz CT molecular complexity index is 179. The first-order valence-corrected chi connectivity index (χ1v) is 5.38. The van der Waals surface area contributed by atoms with Gasteiger partial charge >= 0.3 is 0 Å². The normalized spacial score (nSPS) is 13.9. The molecule has 1 unspecified atom stereocenters. The van der Waals surface area contributed by atoms with Crippen LogP contribution in [0.25, 0.3) is 0 Å². The van der Waals surface area contributed by atoms with Crippen LogP contribution in [0.1, 0.15) is 40.5 Å². The van der Waals surface area contributed by atoms with Crippen LogP contribution in [0.3, 0.4) is 0 Å². The topological polar surface area (TPSA) is 29.3 Å². The van der Waals surface area contributed by atoms with Crippen molar-refractivity contribution < 1.29 is 0 Å². The van der Waals surface area contributed by atoms with E-state index in [1.807, 2.05) is 0 Å². The number of nitrogens with two attached hydrogens (primary N) is 1. The van der Waals surface area contributed by atoms with Crippen LogP contribution in [0.5, 0.6) is 0 Å². The van der Waals surface area contributed by atoms with Gasteiger partial charge in [0.25, 0.3) is 0 Å². The first-order valence-electron chi connectivity index (χ1n) is 5.38. The van der Waals surface area contributed by atoms with Gasteiger partial charge in [-0.25, -0.2) is 0 Å². The molecule has 1 atom stereocenters. The Morgan fingerprint density at radius 2 is 1.93 bits per heavy atom. The lowest BCUT2D eigenvalue weighted by Crippen LogP contribution is -2.31. The van der Waals surface area contributed by atoms with Crippen molar-refractivity contribution in [3.63, 3.8) is 0 Å². The second-order valence-corrected chi connectivity index (χ2v) is 5.34. The number of nitrogens with zero attached hydrogens (tertiary/aromatic N) is 1. The van der Waals surface area contributed by atoms with Crippen molar-refractivity contribution in [3.05, 3.63) is 12.3 Å². The Kier molecular flexibility index (Phi) is 5.21. The number of hydrogen-bond donors (Lipinski definition) is 1. The van der Waals surface area contributed by atoms with Gasteiger partial charge in [0.05, 0.1) is 0 Å². The highest BCUT2D eigenvalue weighted by molar-refractivity contribution is 4.97. The molecule has 0 aliphatic heterocycles. The van der Waals surface area contributed by atoms with E-state index in [1.165, 1.54) is 5.70 Å². The first kappa shape index (κ1) is 13.5. The maximum Gasteiger partial charge on any atom is 0.0267 e. The van der Waals surface area contributed by atoms with E-state index in [0.29, 0.717) is 11.5 Å². The van der Waals surface area contributed by atoms with Crippen molar-refractivity contribution >= 4 is 0 Å². The van der Waals surface area contributed by atoms with Crippen LogP contribution >= 0.6 is 0 Å². The molecule has 0 aromatic heterocycles. The molecule has 0 heterocycles. The summed E-state index contributed by atoms with van der Waals surface area (Å²) < 4.78 is 0. The maximum atomic E-state index is 5.54. The van der Waals surface area contributed by atoms with E-state index in [0.717, 1.165) is 19.4 Å². The van der Waals surface area contributed by atoms with Crippen molar-refractivity contribution in [2.45, 2.75) is 46.6 Å². The van der Waals surface area contributed by atoms with Crippen LogP contribution in [0.15, 0.2) is 12.3 Å². The molecule has 0 amide bonds. The largest absolute Gasteiger partial charge is 0.376 e. The van der Waals surface area contributed by atoms with Gasteiger partial charge in [-0.1, -0.05) is 27.4 Å². The van der Waals surface area contributed by atoms with Gasteiger partial charge in [-0.2, -0.15) is 0 Å². The Hall–Kier alpha value is -0.500. The summed E-state index contributed by atoms with van der Waals surface area (Å²) in [5, 5.41) is 0. The minimum Gasteiger partial charge on any atom is -0.376 e. The third-order valence-electron chi connectivity index (χ3n) is 2.48. The molecule has 0 aromatic carbocycles. The molecule has 0 aromatic rings.